The van der Waals surface area contributed by atoms with Crippen molar-refractivity contribution in [2.24, 2.45) is 5.92 Å². The number of nitrogens with one attached hydrogen (secondary N) is 1. The van der Waals surface area contributed by atoms with E-state index in [9.17, 15) is 18.0 Å². The van der Waals surface area contributed by atoms with Crippen molar-refractivity contribution in [3.8, 4) is 5.19 Å². The number of thiazole rings is 1. The molecule has 2 aliphatic rings. The summed E-state index contributed by atoms with van der Waals surface area (Å²) in [5.41, 5.74) is 2.76. The van der Waals surface area contributed by atoms with Crippen molar-refractivity contribution in [2.75, 3.05) is 19.7 Å². The van der Waals surface area contributed by atoms with Gasteiger partial charge < -0.3 is 10.1 Å². The highest BCUT2D eigenvalue weighted by Gasteiger charge is 2.30. The minimum Gasteiger partial charge on any atom is -0.460 e. The number of rotatable bonds is 8. The molecule has 1 aliphatic carbocycles. The molecule has 0 radical (unpaired) electrons. The molecule has 1 aliphatic heterocycles. The molecule has 4 rings (SSSR count). The number of ether oxygens (including phenoxy) is 1. The summed E-state index contributed by atoms with van der Waals surface area (Å²) in [6.45, 7) is 3.15. The summed E-state index contributed by atoms with van der Waals surface area (Å²) in [5, 5.41) is 3.30. The molecule has 3 heterocycles. The topological polar surface area (TPSA) is 67.4 Å². The monoisotopic (exact) mass is 496 g/mol. The van der Waals surface area contributed by atoms with E-state index >= 15 is 0 Å². The lowest BCUT2D eigenvalue weighted by molar-refractivity contribution is -0.153. The highest BCUT2D eigenvalue weighted by atomic mass is 32.1. The molecule has 10 heteroatoms. The number of nitrogens with zero attached hydrogens (tertiary/aromatic N) is 3. The Morgan fingerprint density at radius 3 is 2.82 bits per heavy atom. The first-order valence-corrected chi connectivity index (χ1v) is 12.7. The van der Waals surface area contributed by atoms with Crippen LogP contribution in [0.1, 0.15) is 53.9 Å². The predicted molar refractivity (Wildman–Crippen MR) is 124 cm³/mol. The van der Waals surface area contributed by atoms with Gasteiger partial charge in [-0.3, -0.25) is 14.7 Å². The summed E-state index contributed by atoms with van der Waals surface area (Å²) in [6, 6.07) is 4.08. The minimum absolute atomic E-state index is 0.0695. The number of hydrogen-bond donors (Lipinski definition) is 1. The van der Waals surface area contributed by atoms with Crippen LogP contribution in [0.15, 0.2) is 18.3 Å². The number of amides is 1. The number of aryl methyl sites for hydroxylation is 1. The molecule has 0 spiro atoms. The van der Waals surface area contributed by atoms with Gasteiger partial charge in [0.2, 0.25) is 5.91 Å². The van der Waals surface area contributed by atoms with Crippen LogP contribution in [-0.2, 0) is 24.2 Å². The van der Waals surface area contributed by atoms with Crippen molar-refractivity contribution in [2.45, 2.75) is 70.6 Å². The van der Waals surface area contributed by atoms with E-state index < -0.39 is 12.8 Å². The van der Waals surface area contributed by atoms with Gasteiger partial charge in [-0.1, -0.05) is 11.3 Å². The normalized spacial score (nSPS) is 21.2. The fourth-order valence-electron chi connectivity index (χ4n) is 4.76. The van der Waals surface area contributed by atoms with Crippen LogP contribution in [0.5, 0.6) is 5.19 Å². The molecule has 1 saturated carbocycles. The smallest absolute Gasteiger partial charge is 0.422 e. The van der Waals surface area contributed by atoms with E-state index in [-0.39, 0.29) is 17.1 Å². The molecule has 34 heavy (non-hydrogen) atoms. The van der Waals surface area contributed by atoms with Gasteiger partial charge in [0, 0.05) is 35.9 Å². The van der Waals surface area contributed by atoms with Crippen molar-refractivity contribution in [3.63, 3.8) is 0 Å². The van der Waals surface area contributed by atoms with Gasteiger partial charge in [0.25, 0.3) is 5.19 Å². The third-order valence-electron chi connectivity index (χ3n) is 6.54. The Kier molecular flexibility index (Phi) is 8.08. The molecular formula is C24H31F3N4O2S. The second-order valence-electron chi connectivity index (χ2n) is 9.34. The van der Waals surface area contributed by atoms with Gasteiger partial charge >= 0.3 is 6.18 Å². The van der Waals surface area contributed by atoms with Crippen LogP contribution in [0.3, 0.4) is 0 Å². The Balaban J connectivity index is 1.15. The van der Waals surface area contributed by atoms with Crippen LogP contribution in [-0.4, -0.2) is 52.7 Å². The van der Waals surface area contributed by atoms with E-state index in [0.717, 1.165) is 73.4 Å². The van der Waals surface area contributed by atoms with Crippen molar-refractivity contribution < 1.29 is 22.7 Å². The van der Waals surface area contributed by atoms with E-state index in [0.29, 0.717) is 18.9 Å². The minimum atomic E-state index is -4.35. The molecule has 0 bridgehead atoms. The van der Waals surface area contributed by atoms with Crippen LogP contribution in [0.2, 0.25) is 0 Å². The summed E-state index contributed by atoms with van der Waals surface area (Å²) in [5.74, 6) is 0.707. The Bertz CT molecular complexity index is 973. The Morgan fingerprint density at radius 2 is 2.09 bits per heavy atom. The maximum Gasteiger partial charge on any atom is 0.422 e. The average molecular weight is 497 g/mol. The van der Waals surface area contributed by atoms with Crippen LogP contribution in [0.25, 0.3) is 0 Å². The Morgan fingerprint density at radius 1 is 1.29 bits per heavy atom. The standard InChI is InChI=1S/C24H31F3N4O2S/c1-16-12-18(6-9-28-16)13-22(32)29-19-4-2-17(3-5-19)7-10-31-11-8-21-20(14-31)30-23(34-21)33-15-24(25,26)27/h6,9,12,17,19H,2-5,7-8,10-11,13-15H2,1H3,(H,29,32)/t17-,19-. The molecule has 0 saturated heterocycles. The zero-order valence-electron chi connectivity index (χ0n) is 19.4. The molecule has 1 fully saturated rings. The lowest BCUT2D eigenvalue weighted by Gasteiger charge is -2.32. The summed E-state index contributed by atoms with van der Waals surface area (Å²) < 4.78 is 41.9. The molecule has 1 N–H and O–H groups in total. The molecule has 0 atom stereocenters. The van der Waals surface area contributed by atoms with Crippen molar-refractivity contribution in [1.82, 2.24) is 20.2 Å². The second-order valence-corrected chi connectivity index (χ2v) is 10.4. The molecule has 186 valence electrons. The molecule has 0 aromatic carbocycles. The average Bonchev–Trinajstić information content (AvgIpc) is 3.19. The quantitative estimate of drug-likeness (QED) is 0.585. The van der Waals surface area contributed by atoms with Gasteiger partial charge in [-0.05, 0) is 75.6 Å². The number of alkyl halides is 3. The van der Waals surface area contributed by atoms with E-state index in [1.807, 2.05) is 19.1 Å². The molecule has 2 aromatic heterocycles. The highest BCUT2D eigenvalue weighted by molar-refractivity contribution is 7.13. The number of hydrogen-bond acceptors (Lipinski definition) is 6. The summed E-state index contributed by atoms with van der Waals surface area (Å²) in [4.78, 5) is 24.2. The Hall–Kier alpha value is -2.20. The van der Waals surface area contributed by atoms with Crippen molar-refractivity contribution in [1.29, 1.82) is 0 Å². The lowest BCUT2D eigenvalue weighted by atomic mass is 9.84. The Labute approximate surface area is 201 Å². The number of pyridine rings is 1. The predicted octanol–water partition coefficient (Wildman–Crippen LogP) is 4.45. The maximum absolute atomic E-state index is 12.4. The lowest BCUT2D eigenvalue weighted by Crippen LogP contribution is -2.39. The first kappa shape index (κ1) is 24.9. The van der Waals surface area contributed by atoms with Gasteiger partial charge in [0.15, 0.2) is 6.61 Å². The number of aromatic nitrogens is 2. The molecular weight excluding hydrogens is 465 g/mol. The third-order valence-corrected chi connectivity index (χ3v) is 7.61. The van der Waals surface area contributed by atoms with Gasteiger partial charge in [0.1, 0.15) is 0 Å². The van der Waals surface area contributed by atoms with E-state index in [1.165, 1.54) is 11.3 Å². The van der Waals surface area contributed by atoms with Crippen molar-refractivity contribution >= 4 is 17.2 Å². The first-order valence-electron chi connectivity index (χ1n) is 11.8. The SMILES string of the molecule is Cc1cc(CC(=O)N[C@H]2CC[C@H](CCN3CCc4sc(OCC(F)(F)F)nc4C3)CC2)ccn1. The molecule has 0 unspecified atom stereocenters. The second kappa shape index (κ2) is 11.0. The largest absolute Gasteiger partial charge is 0.460 e. The summed E-state index contributed by atoms with van der Waals surface area (Å²) in [7, 11) is 0. The summed E-state index contributed by atoms with van der Waals surface area (Å²) in [6.07, 6.45) is 3.88. The van der Waals surface area contributed by atoms with Gasteiger partial charge in [-0.15, -0.1) is 0 Å². The molecule has 2 aromatic rings. The van der Waals surface area contributed by atoms with Gasteiger partial charge in [0.05, 0.1) is 12.1 Å². The van der Waals surface area contributed by atoms with Crippen LogP contribution in [0.4, 0.5) is 13.2 Å². The fourth-order valence-corrected chi connectivity index (χ4v) is 5.67. The van der Waals surface area contributed by atoms with Gasteiger partial charge in [-0.2, -0.15) is 13.2 Å². The summed E-state index contributed by atoms with van der Waals surface area (Å²) >= 11 is 1.23. The highest BCUT2D eigenvalue weighted by Crippen LogP contribution is 2.32. The molecule has 6 nitrogen and oxygen atoms in total. The number of carbonyl (C=O) groups excluding carboxylic acids is 1. The number of halogens is 3. The first-order chi connectivity index (χ1) is 16.2. The maximum atomic E-state index is 12.4. The van der Waals surface area contributed by atoms with E-state index in [1.54, 1.807) is 6.20 Å². The van der Waals surface area contributed by atoms with Gasteiger partial charge in [-0.25, -0.2) is 4.98 Å². The number of fused-ring (bicyclic) bond motifs is 1. The zero-order chi connectivity index (χ0) is 24.1. The number of carbonyl (C=O) groups is 1. The van der Waals surface area contributed by atoms with Crippen LogP contribution >= 0.6 is 11.3 Å². The van der Waals surface area contributed by atoms with E-state index in [2.05, 4.69) is 20.2 Å². The van der Waals surface area contributed by atoms with Crippen LogP contribution < -0.4 is 10.1 Å². The van der Waals surface area contributed by atoms with Crippen LogP contribution in [0, 0.1) is 12.8 Å². The fraction of sp³-hybridized carbons (Fsp3) is 0.625. The molecule has 1 amide bonds. The third kappa shape index (κ3) is 7.40. The van der Waals surface area contributed by atoms with Crippen molar-refractivity contribution in [3.05, 3.63) is 40.2 Å². The van der Waals surface area contributed by atoms with E-state index in [4.69, 9.17) is 4.74 Å². The zero-order valence-corrected chi connectivity index (χ0v) is 20.2.